The zero-order valence-electron chi connectivity index (χ0n) is 14.7. The molecule has 0 bridgehead atoms. The van der Waals surface area contributed by atoms with Crippen LogP contribution in [0.4, 0.5) is 5.13 Å². The van der Waals surface area contributed by atoms with Crippen molar-refractivity contribution in [2.24, 2.45) is 0 Å². The van der Waals surface area contributed by atoms with E-state index < -0.39 is 6.10 Å². The maximum Gasteiger partial charge on any atom is 0.266 e. The number of thiazole rings is 1. The summed E-state index contributed by atoms with van der Waals surface area (Å²) in [6, 6.07) is 16.1. The third-order valence-electron chi connectivity index (χ3n) is 3.72. The maximum absolute atomic E-state index is 12.4. The fraction of sp³-hybridized carbons (Fsp3) is 0.150. The molecule has 2 aromatic carbocycles. The Morgan fingerprint density at radius 3 is 2.41 bits per heavy atom. The average molecular weight is 401 g/mol. The predicted molar refractivity (Wildman–Crippen MR) is 108 cm³/mol. The summed E-state index contributed by atoms with van der Waals surface area (Å²) in [5.74, 6) is 0.0846. The van der Waals surface area contributed by atoms with E-state index in [4.69, 9.17) is 16.3 Å². The lowest BCUT2D eigenvalue weighted by Crippen LogP contribution is -2.30. The van der Waals surface area contributed by atoms with Crippen molar-refractivity contribution in [3.63, 3.8) is 0 Å². The van der Waals surface area contributed by atoms with E-state index in [2.05, 4.69) is 10.3 Å². The van der Waals surface area contributed by atoms with Gasteiger partial charge in [-0.3, -0.25) is 14.9 Å². The van der Waals surface area contributed by atoms with Gasteiger partial charge in [0.2, 0.25) is 0 Å². The molecule has 1 heterocycles. The Bertz CT molecular complexity index is 955. The zero-order valence-corrected chi connectivity index (χ0v) is 16.3. The second kappa shape index (κ2) is 8.33. The predicted octanol–water partition coefficient (Wildman–Crippen LogP) is 5.07. The quantitative estimate of drug-likeness (QED) is 0.586. The maximum atomic E-state index is 12.4. The van der Waals surface area contributed by atoms with Crippen molar-refractivity contribution in [3.8, 4) is 17.0 Å². The molecule has 0 saturated carbocycles. The Labute approximate surface area is 166 Å². The minimum absolute atomic E-state index is 0.0997. The molecule has 27 heavy (non-hydrogen) atoms. The number of Topliss-reactive ketones (excluding diaryl/α,β-unsaturated/α-hetero) is 1. The largest absolute Gasteiger partial charge is 0.481 e. The van der Waals surface area contributed by atoms with E-state index in [1.54, 1.807) is 31.2 Å². The van der Waals surface area contributed by atoms with Gasteiger partial charge in [-0.05, 0) is 31.2 Å². The van der Waals surface area contributed by atoms with Gasteiger partial charge in [-0.1, -0.05) is 53.3 Å². The van der Waals surface area contributed by atoms with Crippen molar-refractivity contribution < 1.29 is 14.3 Å². The first-order chi connectivity index (χ1) is 12.9. The van der Waals surface area contributed by atoms with Gasteiger partial charge < -0.3 is 4.74 Å². The molecule has 138 valence electrons. The van der Waals surface area contributed by atoms with Crippen molar-refractivity contribution in [1.82, 2.24) is 4.98 Å². The Morgan fingerprint density at radius 2 is 1.78 bits per heavy atom. The van der Waals surface area contributed by atoms with Crippen molar-refractivity contribution in [2.75, 3.05) is 5.32 Å². The molecule has 3 rings (SSSR count). The first-order valence-corrected chi connectivity index (χ1v) is 9.44. The van der Waals surface area contributed by atoms with Gasteiger partial charge in [-0.15, -0.1) is 0 Å². The summed E-state index contributed by atoms with van der Waals surface area (Å²) in [6.07, 6.45) is -0.740. The van der Waals surface area contributed by atoms with Crippen LogP contribution in [0.1, 0.15) is 23.5 Å². The average Bonchev–Trinajstić information content (AvgIpc) is 3.08. The van der Waals surface area contributed by atoms with Gasteiger partial charge >= 0.3 is 0 Å². The number of ether oxygens (including phenoxy) is 1. The summed E-state index contributed by atoms with van der Waals surface area (Å²) >= 11 is 6.99. The fourth-order valence-electron chi connectivity index (χ4n) is 2.38. The van der Waals surface area contributed by atoms with Crippen molar-refractivity contribution >= 4 is 39.8 Å². The van der Waals surface area contributed by atoms with Crippen LogP contribution in [0.5, 0.6) is 5.75 Å². The first-order valence-electron chi connectivity index (χ1n) is 8.24. The molecule has 3 aromatic rings. The minimum Gasteiger partial charge on any atom is -0.481 e. The summed E-state index contributed by atoms with van der Waals surface area (Å²) in [5.41, 5.74) is 1.39. The molecule has 1 amide bonds. The summed E-state index contributed by atoms with van der Waals surface area (Å²) < 4.78 is 5.61. The molecule has 5 nitrogen and oxygen atoms in total. The van der Waals surface area contributed by atoms with Gasteiger partial charge in [-0.2, -0.15) is 0 Å². The van der Waals surface area contributed by atoms with Gasteiger partial charge in [0.15, 0.2) is 17.0 Å². The number of halogens is 1. The molecular formula is C20H17ClN2O3S. The molecule has 0 spiro atoms. The number of aromatic nitrogens is 1. The number of nitrogens with zero attached hydrogens (tertiary/aromatic N) is 1. The van der Waals surface area contributed by atoms with E-state index in [1.165, 1.54) is 6.92 Å². The van der Waals surface area contributed by atoms with Crippen LogP contribution in [0.25, 0.3) is 11.3 Å². The smallest absolute Gasteiger partial charge is 0.266 e. The first kappa shape index (κ1) is 19.1. The van der Waals surface area contributed by atoms with Crippen molar-refractivity contribution in [2.45, 2.75) is 20.0 Å². The second-order valence-electron chi connectivity index (χ2n) is 5.82. The molecule has 0 fully saturated rings. The standard InChI is InChI=1S/C20H17ClN2O3S/c1-12(24)18-17(14-6-4-3-5-7-14)22-20(27-18)23-19(25)13(2)26-16-10-8-15(21)9-11-16/h3-11,13H,1-2H3,(H,22,23,25)/t13-/m0/s1. The van der Waals surface area contributed by atoms with Crippen LogP contribution in [0.15, 0.2) is 54.6 Å². The van der Waals surface area contributed by atoms with Crippen LogP contribution >= 0.6 is 22.9 Å². The Balaban J connectivity index is 1.75. The van der Waals surface area contributed by atoms with Crippen molar-refractivity contribution in [1.29, 1.82) is 0 Å². The molecule has 0 aliphatic carbocycles. The number of hydrogen-bond acceptors (Lipinski definition) is 5. The topological polar surface area (TPSA) is 68.3 Å². The molecule has 1 aromatic heterocycles. The normalized spacial score (nSPS) is 11.7. The molecule has 0 aliphatic rings. The van der Waals surface area contributed by atoms with Crippen molar-refractivity contribution in [3.05, 3.63) is 64.5 Å². The lowest BCUT2D eigenvalue weighted by molar-refractivity contribution is -0.122. The molecule has 0 aliphatic heterocycles. The molecule has 7 heteroatoms. The lowest BCUT2D eigenvalue weighted by Gasteiger charge is -2.13. The minimum atomic E-state index is -0.740. The number of ketones is 1. The van der Waals surface area contributed by atoms with Gasteiger partial charge in [-0.25, -0.2) is 4.98 Å². The second-order valence-corrected chi connectivity index (χ2v) is 7.26. The van der Waals surface area contributed by atoms with E-state index in [0.717, 1.165) is 16.9 Å². The van der Waals surface area contributed by atoms with E-state index in [9.17, 15) is 9.59 Å². The number of benzene rings is 2. The highest BCUT2D eigenvalue weighted by molar-refractivity contribution is 7.18. The van der Waals surface area contributed by atoms with E-state index >= 15 is 0 Å². The third kappa shape index (κ3) is 4.72. The molecule has 1 atom stereocenters. The van der Waals surface area contributed by atoms with E-state index in [-0.39, 0.29) is 11.7 Å². The number of rotatable bonds is 6. The Kier molecular flexibility index (Phi) is 5.88. The van der Waals surface area contributed by atoms with Crippen LogP contribution < -0.4 is 10.1 Å². The molecule has 1 N–H and O–H groups in total. The number of anilines is 1. The van der Waals surface area contributed by atoms with Crippen LogP contribution in [-0.2, 0) is 4.79 Å². The highest BCUT2D eigenvalue weighted by Gasteiger charge is 2.20. The Morgan fingerprint density at radius 1 is 1.11 bits per heavy atom. The summed E-state index contributed by atoms with van der Waals surface area (Å²) in [5, 5.41) is 3.67. The van der Waals surface area contributed by atoms with Crippen LogP contribution in [0.3, 0.4) is 0 Å². The number of carbonyl (C=O) groups excluding carboxylic acids is 2. The Hall–Kier alpha value is -2.70. The number of nitrogens with one attached hydrogen (secondary N) is 1. The number of hydrogen-bond donors (Lipinski definition) is 1. The fourth-order valence-corrected chi connectivity index (χ4v) is 3.39. The lowest BCUT2D eigenvalue weighted by atomic mass is 10.1. The molecule has 0 unspecified atom stereocenters. The number of amides is 1. The summed E-state index contributed by atoms with van der Waals surface area (Å²) in [6.45, 7) is 3.12. The SMILES string of the molecule is CC(=O)c1sc(NC(=O)[C@H](C)Oc2ccc(Cl)cc2)nc1-c1ccccc1. The summed E-state index contributed by atoms with van der Waals surface area (Å²) in [4.78, 5) is 29.3. The highest BCUT2D eigenvalue weighted by atomic mass is 35.5. The van der Waals surface area contributed by atoms with Crippen LogP contribution in [0.2, 0.25) is 5.02 Å². The highest BCUT2D eigenvalue weighted by Crippen LogP contribution is 2.31. The van der Waals surface area contributed by atoms with Gasteiger partial charge in [0.25, 0.3) is 5.91 Å². The third-order valence-corrected chi connectivity index (χ3v) is 5.04. The molecule has 0 saturated heterocycles. The summed E-state index contributed by atoms with van der Waals surface area (Å²) in [7, 11) is 0. The van der Waals surface area contributed by atoms with Gasteiger partial charge in [0, 0.05) is 17.5 Å². The van der Waals surface area contributed by atoms with Gasteiger partial charge in [0.1, 0.15) is 5.75 Å². The van der Waals surface area contributed by atoms with Crippen LogP contribution in [0, 0.1) is 0 Å². The molecular weight excluding hydrogens is 384 g/mol. The number of carbonyl (C=O) groups is 2. The van der Waals surface area contributed by atoms with E-state index in [0.29, 0.717) is 26.5 Å². The van der Waals surface area contributed by atoms with E-state index in [1.807, 2.05) is 30.3 Å². The monoisotopic (exact) mass is 400 g/mol. The molecule has 0 radical (unpaired) electrons. The van der Waals surface area contributed by atoms with Crippen LogP contribution in [-0.4, -0.2) is 22.8 Å². The van der Waals surface area contributed by atoms with Gasteiger partial charge in [0.05, 0.1) is 10.6 Å². The zero-order chi connectivity index (χ0) is 19.4.